The molecule has 7 heteroatoms. The highest BCUT2D eigenvalue weighted by atomic mass is 35.5. The number of thiophene rings is 1. The van der Waals surface area contributed by atoms with Crippen LogP contribution in [0.25, 0.3) is 11.1 Å². The van der Waals surface area contributed by atoms with Gasteiger partial charge >= 0.3 is 0 Å². The maximum Gasteiger partial charge on any atom is 0.261 e. The van der Waals surface area contributed by atoms with Gasteiger partial charge in [-0.3, -0.25) is 4.72 Å². The highest BCUT2D eigenvalue weighted by Gasteiger charge is 2.16. The van der Waals surface area contributed by atoms with Crippen molar-refractivity contribution >= 4 is 44.3 Å². The summed E-state index contributed by atoms with van der Waals surface area (Å²) >= 11 is 7.35. The maximum absolute atomic E-state index is 12.4. The van der Waals surface area contributed by atoms with E-state index in [-0.39, 0.29) is 4.90 Å². The van der Waals surface area contributed by atoms with E-state index >= 15 is 0 Å². The summed E-state index contributed by atoms with van der Waals surface area (Å²) in [7, 11) is -3.70. The van der Waals surface area contributed by atoms with Crippen molar-refractivity contribution in [1.82, 2.24) is 0 Å². The van der Waals surface area contributed by atoms with Crippen LogP contribution in [0.5, 0.6) is 0 Å². The third-order valence-corrected chi connectivity index (χ3v) is 5.58. The molecule has 0 bridgehead atoms. The zero-order valence-corrected chi connectivity index (χ0v) is 14.3. The molecule has 3 aromatic rings. The van der Waals surface area contributed by atoms with Gasteiger partial charge in [0.15, 0.2) is 0 Å². The van der Waals surface area contributed by atoms with E-state index in [0.717, 1.165) is 11.1 Å². The molecule has 0 aliphatic rings. The molecule has 3 rings (SSSR count). The average Bonchev–Trinajstić information content (AvgIpc) is 3.03. The molecule has 118 valence electrons. The van der Waals surface area contributed by atoms with Gasteiger partial charge in [0, 0.05) is 22.0 Å². The van der Waals surface area contributed by atoms with Crippen LogP contribution in [0.15, 0.2) is 64.2 Å². The van der Waals surface area contributed by atoms with Crippen molar-refractivity contribution in [3.05, 3.63) is 64.3 Å². The molecule has 1 heterocycles. The first-order valence-electron chi connectivity index (χ1n) is 6.66. The minimum Gasteiger partial charge on any atom is -0.398 e. The van der Waals surface area contributed by atoms with Crippen LogP contribution in [0.4, 0.5) is 11.4 Å². The van der Waals surface area contributed by atoms with Crippen LogP contribution in [0.2, 0.25) is 5.02 Å². The van der Waals surface area contributed by atoms with Crippen LogP contribution >= 0.6 is 22.9 Å². The predicted molar refractivity (Wildman–Crippen MR) is 96.4 cm³/mol. The van der Waals surface area contributed by atoms with Crippen molar-refractivity contribution in [3.63, 3.8) is 0 Å². The zero-order chi connectivity index (χ0) is 16.4. The van der Waals surface area contributed by atoms with Crippen LogP contribution in [0.3, 0.4) is 0 Å². The Bertz CT molecular complexity index is 921. The Labute approximate surface area is 143 Å². The monoisotopic (exact) mass is 364 g/mol. The molecule has 23 heavy (non-hydrogen) atoms. The normalized spacial score (nSPS) is 11.3. The number of hydrogen-bond acceptors (Lipinski definition) is 4. The summed E-state index contributed by atoms with van der Waals surface area (Å²) in [6.07, 6.45) is 0. The Morgan fingerprint density at radius 1 is 1.04 bits per heavy atom. The minimum atomic E-state index is -3.70. The molecule has 1 aromatic heterocycles. The topological polar surface area (TPSA) is 72.2 Å². The lowest BCUT2D eigenvalue weighted by Gasteiger charge is -2.10. The van der Waals surface area contributed by atoms with Crippen molar-refractivity contribution in [2.45, 2.75) is 4.90 Å². The first-order valence-corrected chi connectivity index (χ1v) is 9.46. The summed E-state index contributed by atoms with van der Waals surface area (Å²) in [6, 6.07) is 13.1. The first-order chi connectivity index (χ1) is 11.0. The molecule has 0 aliphatic heterocycles. The van der Waals surface area contributed by atoms with E-state index in [9.17, 15) is 8.42 Å². The third kappa shape index (κ3) is 3.50. The standard InChI is InChI=1S/C16H13ClN2O2S2/c17-12-1-3-13(4-2-12)19-23(20,21)14-5-6-15(16(18)9-14)11-7-8-22-10-11/h1-10,19H,18H2. The molecule has 3 N–H and O–H groups in total. The average molecular weight is 365 g/mol. The van der Waals surface area contributed by atoms with Crippen LogP contribution in [0, 0.1) is 0 Å². The van der Waals surface area contributed by atoms with Gasteiger partial charge in [0.25, 0.3) is 10.0 Å². The molecule has 0 saturated carbocycles. The lowest BCUT2D eigenvalue weighted by Crippen LogP contribution is -2.13. The Morgan fingerprint density at radius 3 is 2.39 bits per heavy atom. The Balaban J connectivity index is 1.91. The molecule has 0 saturated heterocycles. The lowest BCUT2D eigenvalue weighted by molar-refractivity contribution is 0.601. The summed E-state index contributed by atoms with van der Waals surface area (Å²) in [6.45, 7) is 0. The largest absolute Gasteiger partial charge is 0.398 e. The highest BCUT2D eigenvalue weighted by molar-refractivity contribution is 7.92. The summed E-state index contributed by atoms with van der Waals surface area (Å²) in [5.74, 6) is 0. The second kappa shape index (κ2) is 6.23. The number of halogens is 1. The SMILES string of the molecule is Nc1cc(S(=O)(=O)Nc2ccc(Cl)cc2)ccc1-c1ccsc1. The van der Waals surface area contributed by atoms with Crippen LogP contribution in [-0.4, -0.2) is 8.42 Å². The van der Waals surface area contributed by atoms with E-state index in [2.05, 4.69) is 4.72 Å². The fourth-order valence-electron chi connectivity index (χ4n) is 2.12. The third-order valence-electron chi connectivity index (χ3n) is 3.26. The van der Waals surface area contributed by atoms with Crippen LogP contribution < -0.4 is 10.5 Å². The lowest BCUT2D eigenvalue weighted by atomic mass is 10.1. The van der Waals surface area contributed by atoms with Gasteiger partial charge in [0.1, 0.15) is 0 Å². The predicted octanol–water partition coefficient (Wildman–Crippen LogP) is 4.45. The number of nitrogens with one attached hydrogen (secondary N) is 1. The number of benzene rings is 2. The first kappa shape index (κ1) is 15.9. The Morgan fingerprint density at radius 2 is 1.78 bits per heavy atom. The molecular weight excluding hydrogens is 352 g/mol. The zero-order valence-electron chi connectivity index (χ0n) is 11.9. The number of rotatable bonds is 4. The van der Waals surface area contributed by atoms with Gasteiger partial charge in [0.2, 0.25) is 0 Å². The molecule has 0 radical (unpaired) electrons. The number of nitrogen functional groups attached to an aromatic ring is 1. The second-order valence-electron chi connectivity index (χ2n) is 4.87. The molecular formula is C16H13ClN2O2S2. The molecule has 0 aliphatic carbocycles. The van der Waals surface area contributed by atoms with Crippen molar-refractivity contribution < 1.29 is 8.42 Å². The van der Waals surface area contributed by atoms with Gasteiger partial charge in [0.05, 0.1) is 4.90 Å². The van der Waals surface area contributed by atoms with Gasteiger partial charge < -0.3 is 5.73 Å². The molecule has 4 nitrogen and oxygen atoms in total. The van der Waals surface area contributed by atoms with Gasteiger partial charge in [-0.1, -0.05) is 17.7 Å². The minimum absolute atomic E-state index is 0.115. The molecule has 0 unspecified atom stereocenters. The second-order valence-corrected chi connectivity index (χ2v) is 7.77. The highest BCUT2D eigenvalue weighted by Crippen LogP contribution is 2.30. The summed E-state index contributed by atoms with van der Waals surface area (Å²) in [5.41, 5.74) is 8.67. The number of nitrogens with two attached hydrogens (primary N) is 1. The van der Waals surface area contributed by atoms with Crippen molar-refractivity contribution in [3.8, 4) is 11.1 Å². The Hall–Kier alpha value is -2.02. The quantitative estimate of drug-likeness (QED) is 0.671. The van der Waals surface area contributed by atoms with E-state index in [1.54, 1.807) is 47.7 Å². The van der Waals surface area contributed by atoms with Gasteiger partial charge in [-0.15, -0.1) is 0 Å². The van der Waals surface area contributed by atoms with E-state index in [4.69, 9.17) is 17.3 Å². The summed E-state index contributed by atoms with van der Waals surface area (Å²) in [4.78, 5) is 0.115. The van der Waals surface area contributed by atoms with Gasteiger partial charge in [-0.25, -0.2) is 8.42 Å². The molecule has 0 amide bonds. The number of anilines is 2. The summed E-state index contributed by atoms with van der Waals surface area (Å²) < 4.78 is 27.4. The summed E-state index contributed by atoms with van der Waals surface area (Å²) in [5, 5.41) is 4.45. The van der Waals surface area contributed by atoms with E-state index in [1.807, 2.05) is 16.8 Å². The number of hydrogen-bond donors (Lipinski definition) is 2. The van der Waals surface area contributed by atoms with Crippen LogP contribution in [-0.2, 0) is 10.0 Å². The van der Waals surface area contributed by atoms with Crippen molar-refractivity contribution in [1.29, 1.82) is 0 Å². The maximum atomic E-state index is 12.4. The molecule has 0 fully saturated rings. The fraction of sp³-hybridized carbons (Fsp3) is 0. The Kier molecular flexibility index (Phi) is 4.30. The number of sulfonamides is 1. The van der Waals surface area contributed by atoms with E-state index in [0.29, 0.717) is 16.4 Å². The van der Waals surface area contributed by atoms with Crippen molar-refractivity contribution in [2.24, 2.45) is 0 Å². The molecule has 2 aromatic carbocycles. The molecule has 0 atom stereocenters. The van der Waals surface area contributed by atoms with Gasteiger partial charge in [-0.05, 0) is 58.8 Å². The van der Waals surface area contributed by atoms with E-state index in [1.165, 1.54) is 6.07 Å². The van der Waals surface area contributed by atoms with Crippen molar-refractivity contribution in [2.75, 3.05) is 10.5 Å². The fourth-order valence-corrected chi connectivity index (χ4v) is 4.00. The van der Waals surface area contributed by atoms with Gasteiger partial charge in [-0.2, -0.15) is 11.3 Å². The van der Waals surface area contributed by atoms with Crippen LogP contribution in [0.1, 0.15) is 0 Å². The smallest absolute Gasteiger partial charge is 0.261 e. The molecule has 0 spiro atoms. The van der Waals surface area contributed by atoms with E-state index < -0.39 is 10.0 Å².